The first-order valence-electron chi connectivity index (χ1n) is 7.66. The maximum atomic E-state index is 12.1. The summed E-state index contributed by atoms with van der Waals surface area (Å²) in [5.41, 5.74) is 2.60. The molecule has 1 saturated heterocycles. The molecular formula is C15H23N3O. The third-order valence-corrected chi connectivity index (χ3v) is 4.29. The lowest BCUT2D eigenvalue weighted by molar-refractivity contribution is -0.130. The molecule has 0 saturated carbocycles. The van der Waals surface area contributed by atoms with E-state index in [0.29, 0.717) is 6.54 Å². The summed E-state index contributed by atoms with van der Waals surface area (Å²) in [4.78, 5) is 14.1. The highest BCUT2D eigenvalue weighted by Crippen LogP contribution is 2.19. The quantitative estimate of drug-likeness (QED) is 0.818. The van der Waals surface area contributed by atoms with Crippen LogP contribution < -0.4 is 0 Å². The lowest BCUT2D eigenvalue weighted by Crippen LogP contribution is -2.31. The average molecular weight is 261 g/mol. The van der Waals surface area contributed by atoms with Crippen LogP contribution in [0.2, 0.25) is 0 Å². The van der Waals surface area contributed by atoms with Crippen LogP contribution in [0.1, 0.15) is 49.8 Å². The van der Waals surface area contributed by atoms with E-state index in [1.54, 1.807) is 0 Å². The Balaban J connectivity index is 1.67. The molecular weight excluding hydrogens is 238 g/mol. The number of amides is 1. The van der Waals surface area contributed by atoms with Crippen molar-refractivity contribution in [3.8, 4) is 0 Å². The molecule has 1 aliphatic carbocycles. The fourth-order valence-electron chi connectivity index (χ4n) is 3.17. The molecule has 1 amide bonds. The van der Waals surface area contributed by atoms with Crippen LogP contribution in [-0.4, -0.2) is 33.7 Å². The van der Waals surface area contributed by atoms with Crippen LogP contribution >= 0.6 is 0 Å². The molecule has 4 heteroatoms. The van der Waals surface area contributed by atoms with Crippen LogP contribution in [0.25, 0.3) is 0 Å². The highest BCUT2D eigenvalue weighted by atomic mass is 16.2. The zero-order valence-electron chi connectivity index (χ0n) is 11.6. The number of aromatic nitrogens is 2. The average Bonchev–Trinajstić information content (AvgIpc) is 3.00. The Morgan fingerprint density at radius 1 is 1.05 bits per heavy atom. The number of likely N-dealkylation sites (tertiary alicyclic amines) is 1. The minimum absolute atomic E-state index is 0.230. The molecule has 1 aliphatic heterocycles. The first-order chi connectivity index (χ1) is 9.33. The van der Waals surface area contributed by atoms with Gasteiger partial charge in [0.1, 0.15) is 6.54 Å². The first kappa shape index (κ1) is 12.7. The van der Waals surface area contributed by atoms with Gasteiger partial charge in [-0.1, -0.05) is 12.8 Å². The number of rotatable bonds is 2. The van der Waals surface area contributed by atoms with Crippen molar-refractivity contribution in [2.75, 3.05) is 13.1 Å². The molecule has 1 aromatic rings. The van der Waals surface area contributed by atoms with Gasteiger partial charge in [-0.15, -0.1) is 0 Å². The lowest BCUT2D eigenvalue weighted by Gasteiger charge is -2.14. The van der Waals surface area contributed by atoms with Crippen LogP contribution in [0, 0.1) is 0 Å². The molecule has 0 radical (unpaired) electrons. The van der Waals surface area contributed by atoms with Gasteiger partial charge in [0, 0.05) is 19.3 Å². The number of hydrogen-bond donors (Lipinski definition) is 0. The molecule has 2 heterocycles. The molecule has 0 spiro atoms. The van der Waals surface area contributed by atoms with Gasteiger partial charge in [-0.2, -0.15) is 5.10 Å². The summed E-state index contributed by atoms with van der Waals surface area (Å²) in [6.45, 7) is 2.28. The summed E-state index contributed by atoms with van der Waals surface area (Å²) in [6, 6.07) is 0. The van der Waals surface area contributed by atoms with E-state index in [9.17, 15) is 4.79 Å². The highest BCUT2D eigenvalue weighted by molar-refractivity contribution is 5.76. The molecule has 3 rings (SSSR count). The van der Waals surface area contributed by atoms with E-state index in [-0.39, 0.29) is 5.91 Å². The van der Waals surface area contributed by atoms with Gasteiger partial charge in [-0.05, 0) is 44.1 Å². The van der Waals surface area contributed by atoms with Gasteiger partial charge >= 0.3 is 0 Å². The van der Waals surface area contributed by atoms with E-state index in [1.165, 1.54) is 36.9 Å². The van der Waals surface area contributed by atoms with Gasteiger partial charge in [-0.25, -0.2) is 0 Å². The topological polar surface area (TPSA) is 38.1 Å². The summed E-state index contributed by atoms with van der Waals surface area (Å²) < 4.78 is 1.87. The van der Waals surface area contributed by atoms with Crippen molar-refractivity contribution in [2.24, 2.45) is 0 Å². The second kappa shape index (κ2) is 5.76. The van der Waals surface area contributed by atoms with Gasteiger partial charge in [0.15, 0.2) is 0 Å². The second-order valence-corrected chi connectivity index (χ2v) is 5.80. The fraction of sp³-hybridized carbons (Fsp3) is 0.733. The Morgan fingerprint density at radius 2 is 1.79 bits per heavy atom. The van der Waals surface area contributed by atoms with E-state index in [0.717, 1.165) is 38.8 Å². The van der Waals surface area contributed by atoms with E-state index in [4.69, 9.17) is 0 Å². The number of carbonyl (C=O) groups excluding carboxylic acids is 1. The smallest absolute Gasteiger partial charge is 0.244 e. The Labute approximate surface area is 114 Å². The molecule has 0 unspecified atom stereocenters. The third kappa shape index (κ3) is 2.99. The molecule has 0 N–H and O–H groups in total. The molecule has 104 valence electrons. The van der Waals surface area contributed by atoms with Crippen molar-refractivity contribution in [3.05, 3.63) is 17.5 Å². The van der Waals surface area contributed by atoms with Gasteiger partial charge in [0.25, 0.3) is 0 Å². The zero-order valence-corrected chi connectivity index (χ0v) is 11.6. The van der Waals surface area contributed by atoms with E-state index in [1.807, 2.05) is 9.58 Å². The number of fused-ring (bicyclic) bond motifs is 1. The number of carbonyl (C=O) groups is 1. The standard InChI is InChI=1S/C15H23N3O/c19-15(17-9-5-6-10-17)12-18-11-13-7-3-1-2-4-8-14(13)16-18/h11H,1-10,12H2. The SMILES string of the molecule is O=C(Cn1cc2c(n1)CCCCCC2)N1CCCC1. The predicted octanol–water partition coefficient (Wildman–Crippen LogP) is 2.16. The minimum Gasteiger partial charge on any atom is -0.341 e. The number of nitrogens with zero attached hydrogens (tertiary/aromatic N) is 3. The summed E-state index contributed by atoms with van der Waals surface area (Å²) in [5.74, 6) is 0.230. The van der Waals surface area contributed by atoms with Crippen molar-refractivity contribution in [1.29, 1.82) is 0 Å². The summed E-state index contributed by atoms with van der Waals surface area (Å²) in [5, 5.41) is 4.63. The highest BCUT2D eigenvalue weighted by Gasteiger charge is 2.19. The van der Waals surface area contributed by atoms with Gasteiger partial charge in [-0.3, -0.25) is 9.48 Å². The minimum atomic E-state index is 0.230. The molecule has 0 aromatic carbocycles. The molecule has 2 aliphatic rings. The van der Waals surface area contributed by atoms with Crippen LogP contribution in [0.4, 0.5) is 0 Å². The fourth-order valence-corrected chi connectivity index (χ4v) is 3.17. The summed E-state index contributed by atoms with van der Waals surface area (Å²) >= 11 is 0. The molecule has 4 nitrogen and oxygen atoms in total. The molecule has 0 bridgehead atoms. The predicted molar refractivity (Wildman–Crippen MR) is 73.9 cm³/mol. The lowest BCUT2D eigenvalue weighted by atomic mass is 9.99. The van der Waals surface area contributed by atoms with Crippen molar-refractivity contribution < 1.29 is 4.79 Å². The van der Waals surface area contributed by atoms with E-state index < -0.39 is 0 Å². The summed E-state index contributed by atoms with van der Waals surface area (Å²) in [7, 11) is 0. The van der Waals surface area contributed by atoms with Crippen molar-refractivity contribution in [2.45, 2.75) is 57.9 Å². The third-order valence-electron chi connectivity index (χ3n) is 4.29. The van der Waals surface area contributed by atoms with Crippen molar-refractivity contribution in [1.82, 2.24) is 14.7 Å². The van der Waals surface area contributed by atoms with E-state index >= 15 is 0 Å². The Bertz CT molecular complexity index is 421. The van der Waals surface area contributed by atoms with Gasteiger partial charge < -0.3 is 4.90 Å². The van der Waals surface area contributed by atoms with Crippen molar-refractivity contribution >= 4 is 5.91 Å². The van der Waals surface area contributed by atoms with Crippen LogP contribution in [-0.2, 0) is 24.2 Å². The summed E-state index contributed by atoms with van der Waals surface area (Å²) in [6.07, 6.45) is 11.8. The first-order valence-corrected chi connectivity index (χ1v) is 7.66. The Morgan fingerprint density at radius 3 is 2.58 bits per heavy atom. The van der Waals surface area contributed by atoms with Gasteiger partial charge in [0.05, 0.1) is 5.69 Å². The number of hydrogen-bond acceptors (Lipinski definition) is 2. The second-order valence-electron chi connectivity index (χ2n) is 5.80. The molecule has 19 heavy (non-hydrogen) atoms. The van der Waals surface area contributed by atoms with Crippen LogP contribution in [0.15, 0.2) is 6.20 Å². The molecule has 1 aromatic heterocycles. The van der Waals surface area contributed by atoms with Crippen LogP contribution in [0.5, 0.6) is 0 Å². The molecule has 0 atom stereocenters. The molecule has 1 fully saturated rings. The Hall–Kier alpha value is -1.32. The van der Waals surface area contributed by atoms with Crippen molar-refractivity contribution in [3.63, 3.8) is 0 Å². The normalized spacial score (nSPS) is 19.9. The largest absolute Gasteiger partial charge is 0.341 e. The maximum Gasteiger partial charge on any atom is 0.244 e. The van der Waals surface area contributed by atoms with E-state index in [2.05, 4.69) is 11.3 Å². The monoisotopic (exact) mass is 261 g/mol. The zero-order chi connectivity index (χ0) is 13.1. The maximum absolute atomic E-state index is 12.1. The van der Waals surface area contributed by atoms with Gasteiger partial charge in [0.2, 0.25) is 5.91 Å². The Kier molecular flexibility index (Phi) is 3.85. The van der Waals surface area contributed by atoms with Crippen LogP contribution in [0.3, 0.4) is 0 Å². The number of aryl methyl sites for hydroxylation is 2.